The highest BCUT2D eigenvalue weighted by Crippen LogP contribution is 2.15. The van der Waals surface area contributed by atoms with Crippen LogP contribution in [0.2, 0.25) is 0 Å². The fourth-order valence-electron chi connectivity index (χ4n) is 1.65. The lowest BCUT2D eigenvalue weighted by molar-refractivity contribution is -0.139. The van der Waals surface area contributed by atoms with Crippen molar-refractivity contribution in [2.45, 2.75) is 6.92 Å². The summed E-state index contributed by atoms with van der Waals surface area (Å²) >= 11 is 0. The van der Waals surface area contributed by atoms with Crippen LogP contribution < -0.4 is 10.7 Å². The number of fused-ring (bicyclic) bond motifs is 1. The largest absolute Gasteiger partial charge is 0.361 e. The SMILES string of the molecule is CCNC(=O)C(=O)N/N=C/c1c[nH]c2ccccc12. The first kappa shape index (κ1) is 12.8. The summed E-state index contributed by atoms with van der Waals surface area (Å²) in [4.78, 5) is 25.5. The van der Waals surface area contributed by atoms with Gasteiger partial charge in [-0.15, -0.1) is 0 Å². The lowest BCUT2D eigenvalue weighted by Gasteiger charge is -1.99. The maximum absolute atomic E-state index is 11.3. The summed E-state index contributed by atoms with van der Waals surface area (Å²) < 4.78 is 0. The Morgan fingerprint density at radius 2 is 2.11 bits per heavy atom. The van der Waals surface area contributed by atoms with Gasteiger partial charge in [-0.1, -0.05) is 18.2 Å². The van der Waals surface area contributed by atoms with Crippen molar-refractivity contribution < 1.29 is 9.59 Å². The van der Waals surface area contributed by atoms with Gasteiger partial charge < -0.3 is 10.3 Å². The molecule has 0 aliphatic heterocycles. The van der Waals surface area contributed by atoms with Gasteiger partial charge in [0.25, 0.3) is 0 Å². The number of hydrazone groups is 1. The van der Waals surface area contributed by atoms with E-state index >= 15 is 0 Å². The molecule has 0 radical (unpaired) electrons. The van der Waals surface area contributed by atoms with Gasteiger partial charge in [-0.05, 0) is 13.0 Å². The Kier molecular flexibility index (Phi) is 3.92. The Morgan fingerprint density at radius 1 is 1.32 bits per heavy atom. The maximum atomic E-state index is 11.3. The summed E-state index contributed by atoms with van der Waals surface area (Å²) in [6, 6.07) is 7.73. The maximum Gasteiger partial charge on any atom is 0.329 e. The van der Waals surface area contributed by atoms with E-state index < -0.39 is 11.8 Å². The molecule has 1 heterocycles. The second kappa shape index (κ2) is 5.81. The van der Waals surface area contributed by atoms with Crippen LogP contribution in [-0.4, -0.2) is 29.6 Å². The zero-order chi connectivity index (χ0) is 13.7. The van der Waals surface area contributed by atoms with Crippen molar-refractivity contribution in [1.29, 1.82) is 0 Å². The quantitative estimate of drug-likeness (QED) is 0.431. The van der Waals surface area contributed by atoms with Crippen LogP contribution in [-0.2, 0) is 9.59 Å². The zero-order valence-electron chi connectivity index (χ0n) is 10.4. The molecule has 0 spiro atoms. The molecule has 0 aliphatic carbocycles. The van der Waals surface area contributed by atoms with E-state index in [-0.39, 0.29) is 0 Å². The first-order chi connectivity index (χ1) is 9.22. The number of hydrogen-bond donors (Lipinski definition) is 3. The van der Waals surface area contributed by atoms with Gasteiger partial charge in [0.1, 0.15) is 0 Å². The van der Waals surface area contributed by atoms with Crippen LogP contribution in [0.25, 0.3) is 10.9 Å². The normalized spacial score (nSPS) is 10.8. The fraction of sp³-hybridized carbons (Fsp3) is 0.154. The summed E-state index contributed by atoms with van der Waals surface area (Å²) in [6.07, 6.45) is 3.28. The van der Waals surface area contributed by atoms with Gasteiger partial charge in [-0.2, -0.15) is 5.10 Å². The number of H-pyrrole nitrogens is 1. The second-order valence-corrected chi connectivity index (χ2v) is 3.85. The molecule has 0 fully saturated rings. The molecule has 0 aliphatic rings. The molecular weight excluding hydrogens is 244 g/mol. The molecule has 0 unspecified atom stereocenters. The highest BCUT2D eigenvalue weighted by atomic mass is 16.2. The van der Waals surface area contributed by atoms with E-state index in [1.807, 2.05) is 24.3 Å². The fourth-order valence-corrected chi connectivity index (χ4v) is 1.65. The summed E-state index contributed by atoms with van der Waals surface area (Å²) in [5.74, 6) is -1.48. The number of nitrogens with zero attached hydrogens (tertiary/aromatic N) is 1. The number of nitrogens with one attached hydrogen (secondary N) is 3. The second-order valence-electron chi connectivity index (χ2n) is 3.85. The van der Waals surface area contributed by atoms with Gasteiger partial charge >= 0.3 is 11.8 Å². The first-order valence-electron chi connectivity index (χ1n) is 5.89. The standard InChI is InChI=1S/C13H14N4O2/c1-2-14-12(18)13(19)17-16-8-9-7-15-11-6-4-3-5-10(9)11/h3-8,15H,2H2,1H3,(H,14,18)(H,17,19)/b16-8+. The Bertz CT molecular complexity index is 630. The predicted octanol–water partition coefficient (Wildman–Crippen LogP) is 0.754. The van der Waals surface area contributed by atoms with E-state index in [1.165, 1.54) is 6.21 Å². The van der Waals surface area contributed by atoms with Crippen LogP contribution >= 0.6 is 0 Å². The van der Waals surface area contributed by atoms with Gasteiger partial charge in [0.15, 0.2) is 0 Å². The number of amides is 2. The number of aromatic nitrogens is 1. The Morgan fingerprint density at radius 3 is 2.89 bits per heavy atom. The minimum Gasteiger partial charge on any atom is -0.361 e. The molecule has 2 rings (SSSR count). The van der Waals surface area contributed by atoms with Gasteiger partial charge in [0, 0.05) is 29.2 Å². The molecule has 0 saturated heterocycles. The summed E-state index contributed by atoms with van der Waals surface area (Å²) in [7, 11) is 0. The Balaban J connectivity index is 2.03. The third-order valence-electron chi connectivity index (χ3n) is 2.53. The monoisotopic (exact) mass is 258 g/mol. The number of likely N-dealkylation sites (N-methyl/N-ethyl adjacent to an activating group) is 1. The molecule has 2 aromatic rings. The van der Waals surface area contributed by atoms with E-state index in [4.69, 9.17) is 0 Å². The lowest BCUT2D eigenvalue weighted by Crippen LogP contribution is -2.37. The minimum atomic E-state index is -0.780. The van der Waals surface area contributed by atoms with E-state index in [9.17, 15) is 9.59 Å². The highest BCUT2D eigenvalue weighted by molar-refractivity contribution is 6.35. The molecule has 1 aromatic carbocycles. The number of aromatic amines is 1. The molecule has 0 bridgehead atoms. The third-order valence-corrected chi connectivity index (χ3v) is 2.53. The number of carbonyl (C=O) groups excluding carboxylic acids is 2. The Labute approximate surface area is 109 Å². The molecule has 2 amide bonds. The van der Waals surface area contributed by atoms with Crippen molar-refractivity contribution in [3.05, 3.63) is 36.0 Å². The molecule has 6 heteroatoms. The molecule has 98 valence electrons. The van der Waals surface area contributed by atoms with Crippen molar-refractivity contribution in [2.24, 2.45) is 5.10 Å². The number of carbonyl (C=O) groups is 2. The minimum absolute atomic E-state index is 0.401. The number of benzene rings is 1. The van der Waals surface area contributed by atoms with E-state index in [0.29, 0.717) is 6.54 Å². The number of para-hydroxylation sites is 1. The summed E-state index contributed by atoms with van der Waals surface area (Å²) in [5, 5.41) is 7.15. The van der Waals surface area contributed by atoms with Crippen molar-refractivity contribution >= 4 is 28.9 Å². The lowest BCUT2D eigenvalue weighted by atomic mass is 10.2. The number of hydrogen-bond acceptors (Lipinski definition) is 3. The molecular formula is C13H14N4O2. The average Bonchev–Trinajstić information content (AvgIpc) is 2.82. The van der Waals surface area contributed by atoms with Crippen LogP contribution in [0.4, 0.5) is 0 Å². The van der Waals surface area contributed by atoms with Crippen LogP contribution in [0.1, 0.15) is 12.5 Å². The van der Waals surface area contributed by atoms with E-state index in [0.717, 1.165) is 16.5 Å². The van der Waals surface area contributed by atoms with Crippen LogP contribution in [0, 0.1) is 0 Å². The molecule has 0 saturated carbocycles. The average molecular weight is 258 g/mol. The van der Waals surface area contributed by atoms with Crippen molar-refractivity contribution in [3.8, 4) is 0 Å². The van der Waals surface area contributed by atoms with Gasteiger partial charge in [0.2, 0.25) is 0 Å². The predicted molar refractivity (Wildman–Crippen MR) is 72.7 cm³/mol. The molecule has 6 nitrogen and oxygen atoms in total. The molecule has 3 N–H and O–H groups in total. The third kappa shape index (κ3) is 2.98. The van der Waals surface area contributed by atoms with Crippen molar-refractivity contribution in [2.75, 3.05) is 6.54 Å². The smallest absolute Gasteiger partial charge is 0.329 e. The molecule has 19 heavy (non-hydrogen) atoms. The number of rotatable bonds is 3. The summed E-state index contributed by atoms with van der Waals surface area (Å²) in [6.45, 7) is 2.14. The van der Waals surface area contributed by atoms with Crippen molar-refractivity contribution in [3.63, 3.8) is 0 Å². The molecule has 0 atom stereocenters. The van der Waals surface area contributed by atoms with Crippen LogP contribution in [0.15, 0.2) is 35.6 Å². The first-order valence-corrected chi connectivity index (χ1v) is 5.89. The van der Waals surface area contributed by atoms with E-state index in [1.54, 1.807) is 13.1 Å². The van der Waals surface area contributed by atoms with Crippen LogP contribution in [0.5, 0.6) is 0 Å². The topological polar surface area (TPSA) is 86.3 Å². The van der Waals surface area contributed by atoms with Gasteiger partial charge in [-0.3, -0.25) is 9.59 Å². The van der Waals surface area contributed by atoms with Crippen molar-refractivity contribution in [1.82, 2.24) is 15.7 Å². The van der Waals surface area contributed by atoms with Crippen LogP contribution in [0.3, 0.4) is 0 Å². The van der Waals surface area contributed by atoms with Gasteiger partial charge in [-0.25, -0.2) is 5.43 Å². The molecule has 1 aromatic heterocycles. The Hall–Kier alpha value is -2.63. The highest BCUT2D eigenvalue weighted by Gasteiger charge is 2.10. The van der Waals surface area contributed by atoms with E-state index in [2.05, 4.69) is 20.8 Å². The van der Waals surface area contributed by atoms with Gasteiger partial charge in [0.05, 0.1) is 6.21 Å². The summed E-state index contributed by atoms with van der Waals surface area (Å²) in [5.41, 5.74) is 4.00. The zero-order valence-corrected chi connectivity index (χ0v) is 10.4.